The zero-order valence-electron chi connectivity index (χ0n) is 16.0. The predicted octanol–water partition coefficient (Wildman–Crippen LogP) is 6.08. The summed E-state index contributed by atoms with van der Waals surface area (Å²) in [7, 11) is 1.68. The first-order chi connectivity index (χ1) is 13.3. The van der Waals surface area contributed by atoms with Crippen molar-refractivity contribution in [2.24, 2.45) is 0 Å². The van der Waals surface area contributed by atoms with Gasteiger partial charge in [0, 0.05) is 7.11 Å². The Hall–Kier alpha value is -2.84. The van der Waals surface area contributed by atoms with Crippen LogP contribution in [0.2, 0.25) is 0 Å². The smallest absolute Gasteiger partial charge is 0.119 e. The molecule has 0 spiro atoms. The summed E-state index contributed by atoms with van der Waals surface area (Å²) in [5, 5.41) is 0. The fourth-order valence-electron chi connectivity index (χ4n) is 3.25. The molecule has 0 radical (unpaired) electrons. The van der Waals surface area contributed by atoms with Gasteiger partial charge in [-0.2, -0.15) is 0 Å². The number of hydrogen-bond acceptors (Lipinski definition) is 2. The topological polar surface area (TPSA) is 18.5 Å². The fourth-order valence-corrected chi connectivity index (χ4v) is 3.25. The molecule has 3 aromatic rings. The fraction of sp³-hybridized carbons (Fsp3) is 0.200. The lowest BCUT2D eigenvalue weighted by molar-refractivity contribution is 0.146. The van der Waals surface area contributed by atoms with Gasteiger partial charge in [0.2, 0.25) is 0 Å². The second-order valence-electron chi connectivity index (χ2n) is 6.30. The summed E-state index contributed by atoms with van der Waals surface area (Å²) in [6, 6.07) is 29.6. The summed E-state index contributed by atoms with van der Waals surface area (Å²) in [5.74, 6) is 0.862. The van der Waals surface area contributed by atoms with Crippen molar-refractivity contribution in [3.8, 4) is 5.75 Å². The van der Waals surface area contributed by atoms with Gasteiger partial charge in [-0.3, -0.25) is 0 Å². The lowest BCUT2D eigenvalue weighted by atomic mass is 9.88. The third kappa shape index (κ3) is 4.87. The van der Waals surface area contributed by atoms with E-state index in [0.29, 0.717) is 13.2 Å². The largest absolute Gasteiger partial charge is 0.491 e. The summed E-state index contributed by atoms with van der Waals surface area (Å²) in [6.45, 7) is 3.36. The van der Waals surface area contributed by atoms with Crippen LogP contribution in [0.15, 0.2) is 84.9 Å². The van der Waals surface area contributed by atoms with Crippen molar-refractivity contribution >= 4 is 11.1 Å². The van der Waals surface area contributed by atoms with E-state index in [1.54, 1.807) is 7.11 Å². The monoisotopic (exact) mass is 358 g/mol. The maximum atomic E-state index is 5.72. The van der Waals surface area contributed by atoms with Gasteiger partial charge in [-0.15, -0.1) is 0 Å². The summed E-state index contributed by atoms with van der Waals surface area (Å²) < 4.78 is 10.8. The molecule has 0 aliphatic heterocycles. The minimum atomic E-state index is 0.557. The molecule has 0 aromatic heterocycles. The second kappa shape index (κ2) is 9.75. The van der Waals surface area contributed by atoms with Gasteiger partial charge in [0.1, 0.15) is 12.4 Å². The van der Waals surface area contributed by atoms with Gasteiger partial charge in [0.25, 0.3) is 0 Å². The molecule has 0 atom stereocenters. The van der Waals surface area contributed by atoms with Gasteiger partial charge in [0.05, 0.1) is 6.61 Å². The molecule has 0 aliphatic rings. The van der Waals surface area contributed by atoms with Crippen molar-refractivity contribution in [2.45, 2.75) is 13.3 Å². The van der Waals surface area contributed by atoms with Crippen LogP contribution >= 0.6 is 0 Å². The molecule has 2 heteroatoms. The lowest BCUT2D eigenvalue weighted by Crippen LogP contribution is -2.04. The van der Waals surface area contributed by atoms with E-state index in [4.69, 9.17) is 9.47 Å². The molecule has 27 heavy (non-hydrogen) atoms. The second-order valence-corrected chi connectivity index (χ2v) is 6.30. The van der Waals surface area contributed by atoms with Crippen LogP contribution in [0.4, 0.5) is 0 Å². The van der Waals surface area contributed by atoms with E-state index < -0.39 is 0 Å². The van der Waals surface area contributed by atoms with Crippen LogP contribution in [-0.2, 0) is 4.74 Å². The zero-order valence-corrected chi connectivity index (χ0v) is 16.0. The van der Waals surface area contributed by atoms with E-state index in [1.807, 2.05) is 12.1 Å². The maximum absolute atomic E-state index is 5.72. The molecule has 0 saturated carbocycles. The van der Waals surface area contributed by atoms with E-state index >= 15 is 0 Å². The minimum Gasteiger partial charge on any atom is -0.491 e. The predicted molar refractivity (Wildman–Crippen MR) is 113 cm³/mol. The van der Waals surface area contributed by atoms with Crippen LogP contribution in [0.5, 0.6) is 5.75 Å². The normalized spacial score (nSPS) is 11.8. The van der Waals surface area contributed by atoms with E-state index in [0.717, 1.165) is 12.2 Å². The van der Waals surface area contributed by atoms with Crippen molar-refractivity contribution in [1.82, 2.24) is 0 Å². The SMILES string of the molecule is CC/C(=C(/c1ccccc1)c1ccc(OCCOC)cc1)c1ccccc1. The Bertz CT molecular complexity index is 850. The Morgan fingerprint density at radius 2 is 1.22 bits per heavy atom. The molecule has 138 valence electrons. The molecule has 0 N–H and O–H groups in total. The van der Waals surface area contributed by atoms with Gasteiger partial charge < -0.3 is 9.47 Å². The zero-order chi connectivity index (χ0) is 18.9. The summed E-state index contributed by atoms with van der Waals surface area (Å²) >= 11 is 0. The van der Waals surface area contributed by atoms with Crippen molar-refractivity contribution in [3.05, 3.63) is 102 Å². The molecule has 2 nitrogen and oxygen atoms in total. The highest BCUT2D eigenvalue weighted by molar-refractivity contribution is 5.98. The van der Waals surface area contributed by atoms with Gasteiger partial charge in [0.15, 0.2) is 0 Å². The molecular formula is C25H26O2. The first kappa shape index (κ1) is 18.9. The van der Waals surface area contributed by atoms with Crippen LogP contribution in [0, 0.1) is 0 Å². The molecule has 0 bridgehead atoms. The Balaban J connectivity index is 2.04. The molecular weight excluding hydrogens is 332 g/mol. The number of rotatable bonds is 8. The van der Waals surface area contributed by atoms with Crippen molar-refractivity contribution in [2.75, 3.05) is 20.3 Å². The first-order valence-corrected chi connectivity index (χ1v) is 9.39. The Kier molecular flexibility index (Phi) is 6.84. The first-order valence-electron chi connectivity index (χ1n) is 9.39. The highest BCUT2D eigenvalue weighted by Gasteiger charge is 2.12. The van der Waals surface area contributed by atoms with E-state index in [2.05, 4.69) is 79.7 Å². The standard InChI is InChI=1S/C25H26O2/c1-3-24(20-10-6-4-7-11-20)25(21-12-8-5-9-13-21)22-14-16-23(17-15-22)27-19-18-26-2/h4-17H,3,18-19H2,1-2H3/b25-24+. The highest BCUT2D eigenvalue weighted by atomic mass is 16.5. The quantitative estimate of drug-likeness (QED) is 0.359. The molecule has 3 rings (SSSR count). The Morgan fingerprint density at radius 3 is 1.78 bits per heavy atom. The molecule has 0 saturated heterocycles. The third-order valence-electron chi connectivity index (χ3n) is 4.54. The van der Waals surface area contributed by atoms with Crippen molar-refractivity contribution in [1.29, 1.82) is 0 Å². The van der Waals surface area contributed by atoms with Gasteiger partial charge in [-0.25, -0.2) is 0 Å². The van der Waals surface area contributed by atoms with Crippen LogP contribution in [-0.4, -0.2) is 20.3 Å². The van der Waals surface area contributed by atoms with Crippen LogP contribution in [0.1, 0.15) is 30.0 Å². The van der Waals surface area contributed by atoms with Crippen molar-refractivity contribution < 1.29 is 9.47 Å². The number of methoxy groups -OCH3 is 1. The number of hydrogen-bond donors (Lipinski definition) is 0. The Morgan fingerprint density at radius 1 is 0.667 bits per heavy atom. The Labute approximate surface area is 162 Å². The molecule has 0 fully saturated rings. The van der Waals surface area contributed by atoms with E-state index in [1.165, 1.54) is 27.8 Å². The molecule has 0 heterocycles. The average molecular weight is 358 g/mol. The van der Waals surface area contributed by atoms with Gasteiger partial charge in [-0.1, -0.05) is 79.7 Å². The van der Waals surface area contributed by atoms with Gasteiger partial charge in [-0.05, 0) is 46.4 Å². The number of allylic oxidation sites excluding steroid dienone is 1. The average Bonchev–Trinajstić information content (AvgIpc) is 2.74. The van der Waals surface area contributed by atoms with Crippen molar-refractivity contribution in [3.63, 3.8) is 0 Å². The summed E-state index contributed by atoms with van der Waals surface area (Å²) in [5.41, 5.74) is 6.30. The molecule has 0 aliphatic carbocycles. The maximum Gasteiger partial charge on any atom is 0.119 e. The number of benzene rings is 3. The van der Waals surface area contributed by atoms with E-state index in [9.17, 15) is 0 Å². The third-order valence-corrected chi connectivity index (χ3v) is 4.54. The van der Waals surface area contributed by atoms with Crippen LogP contribution in [0.3, 0.4) is 0 Å². The summed E-state index contributed by atoms with van der Waals surface area (Å²) in [4.78, 5) is 0. The lowest BCUT2D eigenvalue weighted by Gasteiger charge is -2.17. The molecule has 3 aromatic carbocycles. The number of ether oxygens (including phenoxy) is 2. The molecule has 0 amide bonds. The van der Waals surface area contributed by atoms with Gasteiger partial charge >= 0.3 is 0 Å². The van der Waals surface area contributed by atoms with Crippen LogP contribution < -0.4 is 4.74 Å². The van der Waals surface area contributed by atoms with E-state index in [-0.39, 0.29) is 0 Å². The summed E-state index contributed by atoms with van der Waals surface area (Å²) in [6.07, 6.45) is 0.959. The highest BCUT2D eigenvalue weighted by Crippen LogP contribution is 2.34. The van der Waals surface area contributed by atoms with Crippen LogP contribution in [0.25, 0.3) is 11.1 Å². The minimum absolute atomic E-state index is 0.557. The molecule has 0 unspecified atom stereocenters.